The summed E-state index contributed by atoms with van der Waals surface area (Å²) in [5.74, 6) is -0.708. The number of nitrogens with zero attached hydrogens (tertiary/aromatic N) is 5. The monoisotopic (exact) mass is 432 g/mol. The van der Waals surface area contributed by atoms with Crippen LogP contribution in [0.2, 0.25) is 0 Å². The van der Waals surface area contributed by atoms with Gasteiger partial charge in [-0.1, -0.05) is 0 Å². The zero-order chi connectivity index (χ0) is 22.8. The largest absolute Gasteiger partial charge is 0.461 e. The highest BCUT2D eigenvalue weighted by Crippen LogP contribution is 2.21. The number of esters is 1. The molecule has 4 rings (SSSR count). The maximum atomic E-state index is 12.9. The second-order valence-corrected chi connectivity index (χ2v) is 7.58. The van der Waals surface area contributed by atoms with E-state index in [1.807, 2.05) is 31.5 Å². The van der Waals surface area contributed by atoms with E-state index in [1.165, 1.54) is 0 Å². The SMILES string of the molecule is CCOC(=O)c1ccn(-c2ccc(NC(=O)c3cc4cnn(C(C)C)c4nc3C)cc2)n1. The molecular weight excluding hydrogens is 408 g/mol. The molecule has 0 atom stereocenters. The van der Waals surface area contributed by atoms with Crippen LogP contribution in [0.15, 0.2) is 48.8 Å². The molecule has 4 aromatic rings. The summed E-state index contributed by atoms with van der Waals surface area (Å²) in [6, 6.07) is 10.8. The standard InChI is InChI=1S/C23H24N6O3/c1-5-32-23(31)20-10-11-28(27-20)18-8-6-17(7-9-18)26-22(30)19-12-16-13-24-29(14(2)3)21(16)25-15(19)4/h6-14H,5H2,1-4H3,(H,26,30). The van der Waals surface area contributed by atoms with Gasteiger partial charge >= 0.3 is 5.97 Å². The van der Waals surface area contributed by atoms with Crippen molar-refractivity contribution in [2.75, 3.05) is 11.9 Å². The summed E-state index contributed by atoms with van der Waals surface area (Å²) in [7, 11) is 0. The number of aryl methyl sites for hydroxylation is 1. The van der Waals surface area contributed by atoms with Crippen LogP contribution in [0.1, 0.15) is 53.4 Å². The minimum absolute atomic E-state index is 0.181. The molecule has 0 unspecified atom stereocenters. The minimum atomic E-state index is -0.463. The average molecular weight is 432 g/mol. The van der Waals surface area contributed by atoms with E-state index in [9.17, 15) is 9.59 Å². The first-order valence-electron chi connectivity index (χ1n) is 10.4. The molecule has 0 aliphatic heterocycles. The lowest BCUT2D eigenvalue weighted by molar-refractivity contribution is 0.0519. The van der Waals surface area contributed by atoms with E-state index in [2.05, 4.69) is 20.5 Å². The fourth-order valence-electron chi connectivity index (χ4n) is 3.35. The molecule has 3 aromatic heterocycles. The van der Waals surface area contributed by atoms with E-state index >= 15 is 0 Å². The van der Waals surface area contributed by atoms with Crippen molar-refractivity contribution in [3.63, 3.8) is 0 Å². The Balaban J connectivity index is 1.51. The van der Waals surface area contributed by atoms with Gasteiger partial charge in [-0.15, -0.1) is 0 Å². The molecule has 0 bridgehead atoms. The molecule has 9 heteroatoms. The molecule has 0 saturated carbocycles. The lowest BCUT2D eigenvalue weighted by Gasteiger charge is -2.10. The van der Waals surface area contributed by atoms with Crippen molar-refractivity contribution in [1.29, 1.82) is 0 Å². The quantitative estimate of drug-likeness (QED) is 0.463. The predicted molar refractivity (Wildman–Crippen MR) is 120 cm³/mol. The van der Waals surface area contributed by atoms with Gasteiger partial charge in [0.2, 0.25) is 0 Å². The molecule has 0 fully saturated rings. The Hall–Kier alpha value is -4.01. The van der Waals surface area contributed by atoms with Crippen molar-refractivity contribution >= 4 is 28.6 Å². The maximum absolute atomic E-state index is 12.9. The number of amides is 1. The normalized spacial score (nSPS) is 11.2. The number of hydrogen-bond donors (Lipinski definition) is 1. The van der Waals surface area contributed by atoms with Gasteiger partial charge in [-0.3, -0.25) is 4.79 Å². The van der Waals surface area contributed by atoms with Gasteiger partial charge in [0.15, 0.2) is 11.3 Å². The predicted octanol–water partition coefficient (Wildman–Crippen LogP) is 3.94. The topological polar surface area (TPSA) is 104 Å². The summed E-state index contributed by atoms with van der Waals surface area (Å²) in [5, 5.41) is 12.3. The van der Waals surface area contributed by atoms with Crippen LogP contribution in [0.25, 0.3) is 16.7 Å². The Labute approximate surface area is 185 Å². The van der Waals surface area contributed by atoms with Gasteiger partial charge in [-0.05, 0) is 64.1 Å². The van der Waals surface area contributed by atoms with Crippen LogP contribution < -0.4 is 5.32 Å². The molecule has 1 aromatic carbocycles. The summed E-state index contributed by atoms with van der Waals surface area (Å²) in [4.78, 5) is 29.2. The number of carbonyl (C=O) groups excluding carboxylic acids is 2. The molecule has 0 spiro atoms. The van der Waals surface area contributed by atoms with Crippen molar-refractivity contribution in [2.45, 2.75) is 33.7 Å². The van der Waals surface area contributed by atoms with E-state index in [-0.39, 0.29) is 17.6 Å². The second-order valence-electron chi connectivity index (χ2n) is 7.58. The van der Waals surface area contributed by atoms with Crippen LogP contribution in [-0.2, 0) is 4.74 Å². The molecule has 9 nitrogen and oxygen atoms in total. The maximum Gasteiger partial charge on any atom is 0.358 e. The smallest absolute Gasteiger partial charge is 0.358 e. The Kier molecular flexibility index (Phi) is 5.72. The molecule has 32 heavy (non-hydrogen) atoms. The lowest BCUT2D eigenvalue weighted by Crippen LogP contribution is -2.14. The van der Waals surface area contributed by atoms with E-state index in [0.717, 1.165) is 16.7 Å². The first-order valence-corrected chi connectivity index (χ1v) is 10.4. The minimum Gasteiger partial charge on any atom is -0.461 e. The fourth-order valence-corrected chi connectivity index (χ4v) is 3.35. The third-order valence-corrected chi connectivity index (χ3v) is 4.96. The van der Waals surface area contributed by atoms with Gasteiger partial charge in [0, 0.05) is 23.3 Å². The third kappa shape index (κ3) is 4.09. The molecule has 164 valence electrons. The van der Waals surface area contributed by atoms with Crippen molar-refractivity contribution in [2.24, 2.45) is 0 Å². The van der Waals surface area contributed by atoms with Crippen molar-refractivity contribution in [1.82, 2.24) is 24.5 Å². The van der Waals surface area contributed by atoms with Gasteiger partial charge in [0.05, 0.1) is 29.7 Å². The Bertz CT molecular complexity index is 1290. The summed E-state index contributed by atoms with van der Waals surface area (Å²) >= 11 is 0. The summed E-state index contributed by atoms with van der Waals surface area (Å²) in [5.41, 5.74) is 3.52. The Morgan fingerprint density at radius 2 is 1.91 bits per heavy atom. The highest BCUT2D eigenvalue weighted by Gasteiger charge is 2.16. The van der Waals surface area contributed by atoms with E-state index in [0.29, 0.717) is 23.6 Å². The van der Waals surface area contributed by atoms with Crippen LogP contribution in [0.4, 0.5) is 5.69 Å². The number of carbonyl (C=O) groups is 2. The highest BCUT2D eigenvalue weighted by molar-refractivity contribution is 6.06. The zero-order valence-corrected chi connectivity index (χ0v) is 18.4. The second kappa shape index (κ2) is 8.62. The van der Waals surface area contributed by atoms with Gasteiger partial charge in [-0.25, -0.2) is 19.1 Å². The van der Waals surface area contributed by atoms with Crippen molar-refractivity contribution < 1.29 is 14.3 Å². The molecule has 1 N–H and O–H groups in total. The molecule has 0 aliphatic rings. The zero-order valence-electron chi connectivity index (χ0n) is 18.4. The van der Waals surface area contributed by atoms with E-state index in [4.69, 9.17) is 4.74 Å². The van der Waals surface area contributed by atoms with E-state index in [1.54, 1.807) is 54.3 Å². The molecule has 0 aliphatic carbocycles. The van der Waals surface area contributed by atoms with Crippen molar-refractivity contribution in [3.05, 3.63) is 65.7 Å². The number of pyridine rings is 1. The summed E-state index contributed by atoms with van der Waals surface area (Å²) < 4.78 is 8.37. The number of rotatable bonds is 6. The molecule has 1 amide bonds. The molecule has 0 radical (unpaired) electrons. The number of ether oxygens (including phenoxy) is 1. The summed E-state index contributed by atoms with van der Waals surface area (Å²) in [6.45, 7) is 7.93. The number of benzene rings is 1. The first-order chi connectivity index (χ1) is 15.4. The van der Waals surface area contributed by atoms with Crippen LogP contribution in [0.5, 0.6) is 0 Å². The molecule has 0 saturated heterocycles. The third-order valence-electron chi connectivity index (χ3n) is 4.96. The number of fused-ring (bicyclic) bond motifs is 1. The first kappa shape index (κ1) is 21.2. The van der Waals surface area contributed by atoms with Crippen molar-refractivity contribution in [3.8, 4) is 5.69 Å². The number of anilines is 1. The fraction of sp³-hybridized carbons (Fsp3) is 0.261. The molecule has 3 heterocycles. The van der Waals surface area contributed by atoms with Crippen LogP contribution in [0.3, 0.4) is 0 Å². The van der Waals surface area contributed by atoms with Crippen LogP contribution >= 0.6 is 0 Å². The summed E-state index contributed by atoms with van der Waals surface area (Å²) in [6.07, 6.45) is 3.41. The number of aromatic nitrogens is 5. The van der Waals surface area contributed by atoms with Crippen LogP contribution in [-0.4, -0.2) is 43.0 Å². The number of hydrogen-bond acceptors (Lipinski definition) is 6. The number of nitrogens with one attached hydrogen (secondary N) is 1. The average Bonchev–Trinajstić information content (AvgIpc) is 3.41. The van der Waals surface area contributed by atoms with E-state index < -0.39 is 5.97 Å². The highest BCUT2D eigenvalue weighted by atomic mass is 16.5. The lowest BCUT2D eigenvalue weighted by atomic mass is 10.1. The van der Waals surface area contributed by atoms with Gasteiger partial charge < -0.3 is 10.1 Å². The van der Waals surface area contributed by atoms with Gasteiger partial charge in [0.1, 0.15) is 0 Å². The Morgan fingerprint density at radius 1 is 1.16 bits per heavy atom. The van der Waals surface area contributed by atoms with Crippen LogP contribution in [0, 0.1) is 6.92 Å². The Morgan fingerprint density at radius 3 is 2.59 bits per heavy atom. The van der Waals surface area contributed by atoms with Gasteiger partial charge in [0.25, 0.3) is 5.91 Å². The molecular formula is C23H24N6O3. The van der Waals surface area contributed by atoms with Gasteiger partial charge in [-0.2, -0.15) is 10.2 Å².